The minimum Gasteiger partial charge on any atom is -0.457 e. The van der Waals surface area contributed by atoms with Crippen LogP contribution in [0.3, 0.4) is 0 Å². The second kappa shape index (κ2) is 7.60. The molecule has 6 nitrogen and oxygen atoms in total. The summed E-state index contributed by atoms with van der Waals surface area (Å²) in [6, 6.07) is 11.5. The molecule has 0 aromatic heterocycles. The quantitative estimate of drug-likeness (QED) is 0.690. The van der Waals surface area contributed by atoms with Crippen LogP contribution in [0.15, 0.2) is 65.9 Å². The number of halogens is 1. The Kier molecular flexibility index (Phi) is 4.89. The van der Waals surface area contributed by atoms with Crippen molar-refractivity contribution in [2.24, 2.45) is 0 Å². The highest BCUT2D eigenvalue weighted by Crippen LogP contribution is 2.37. The molecule has 1 amide bonds. The third kappa shape index (κ3) is 3.99. The zero-order chi connectivity index (χ0) is 21.6. The first-order valence-electron chi connectivity index (χ1n) is 10.3. The molecule has 3 N–H and O–H groups in total. The number of amides is 1. The van der Waals surface area contributed by atoms with Gasteiger partial charge in [-0.3, -0.25) is 9.69 Å². The van der Waals surface area contributed by atoms with E-state index in [-0.39, 0.29) is 11.7 Å². The number of hydrogen-bond donors (Lipinski definition) is 3. The van der Waals surface area contributed by atoms with E-state index < -0.39 is 11.7 Å². The van der Waals surface area contributed by atoms with Gasteiger partial charge in [-0.1, -0.05) is 18.2 Å². The van der Waals surface area contributed by atoms with Crippen molar-refractivity contribution in [3.8, 4) is 5.75 Å². The fourth-order valence-corrected chi connectivity index (χ4v) is 4.45. The fraction of sp³-hybridized carbons (Fsp3) is 0.292. The molecular weight excluding hydrogens is 399 g/mol. The Bertz CT molecular complexity index is 1110. The maximum Gasteiger partial charge on any atom is 0.224 e. The Labute approximate surface area is 179 Å². The summed E-state index contributed by atoms with van der Waals surface area (Å²) in [4.78, 5) is 13.5. The molecule has 31 heavy (non-hydrogen) atoms. The van der Waals surface area contributed by atoms with Crippen molar-refractivity contribution in [3.05, 3.63) is 82.9 Å². The minimum atomic E-state index is -1.15. The van der Waals surface area contributed by atoms with Crippen molar-refractivity contribution < 1.29 is 24.1 Å². The number of likely N-dealkylation sites (tertiary alicyclic amines) is 1. The van der Waals surface area contributed by atoms with Crippen LogP contribution in [0.4, 0.5) is 10.1 Å². The lowest BCUT2D eigenvalue weighted by atomic mass is 9.98. The van der Waals surface area contributed by atoms with E-state index in [2.05, 4.69) is 5.32 Å². The van der Waals surface area contributed by atoms with Crippen molar-refractivity contribution in [1.29, 1.82) is 0 Å². The van der Waals surface area contributed by atoms with Gasteiger partial charge in [0.2, 0.25) is 5.91 Å². The molecule has 2 heterocycles. The molecule has 0 unspecified atom stereocenters. The number of nitrogens with one attached hydrogen (secondary N) is 1. The van der Waals surface area contributed by atoms with Crippen molar-refractivity contribution in [2.45, 2.75) is 24.5 Å². The number of carbonyl (C=O) groups is 1. The maximum absolute atomic E-state index is 13.4. The average Bonchev–Trinajstić information content (AvgIpc) is 3.17. The summed E-state index contributed by atoms with van der Waals surface area (Å²) in [5.74, 6) is 0.495. The van der Waals surface area contributed by atoms with Crippen LogP contribution in [0.5, 0.6) is 5.75 Å². The third-order valence-electron chi connectivity index (χ3n) is 5.98. The Hall–Kier alpha value is -3.00. The number of nitrogens with zero attached hydrogens (tertiary/aromatic N) is 1. The van der Waals surface area contributed by atoms with Crippen molar-refractivity contribution >= 4 is 11.6 Å². The lowest BCUT2D eigenvalue weighted by molar-refractivity contribution is -0.116. The van der Waals surface area contributed by atoms with Gasteiger partial charge in [0.1, 0.15) is 22.9 Å². The van der Waals surface area contributed by atoms with Crippen LogP contribution in [-0.2, 0) is 11.2 Å². The molecule has 2 aliphatic heterocycles. The second-order valence-electron chi connectivity index (χ2n) is 8.35. The number of aryl methyl sites for hydroxylation is 1. The van der Waals surface area contributed by atoms with Gasteiger partial charge in [0.15, 0.2) is 0 Å². The normalized spacial score (nSPS) is 23.5. The molecule has 7 heteroatoms. The number of rotatable bonds is 5. The van der Waals surface area contributed by atoms with E-state index in [0.29, 0.717) is 44.0 Å². The number of anilines is 1. The van der Waals surface area contributed by atoms with Crippen molar-refractivity contribution in [3.63, 3.8) is 0 Å². The van der Waals surface area contributed by atoms with E-state index in [1.807, 2.05) is 23.1 Å². The molecule has 1 aliphatic carbocycles. The average molecular weight is 422 g/mol. The van der Waals surface area contributed by atoms with Gasteiger partial charge in [0, 0.05) is 37.8 Å². The number of benzene rings is 2. The van der Waals surface area contributed by atoms with Gasteiger partial charge in [-0.15, -0.1) is 0 Å². The van der Waals surface area contributed by atoms with Gasteiger partial charge < -0.3 is 20.3 Å². The number of allylic oxidation sites excluding steroid dienone is 1. The molecule has 0 saturated carbocycles. The monoisotopic (exact) mass is 422 g/mol. The topological polar surface area (TPSA) is 82.0 Å². The highest BCUT2D eigenvalue weighted by molar-refractivity contribution is 5.93. The highest BCUT2D eigenvalue weighted by Gasteiger charge is 2.43. The summed E-state index contributed by atoms with van der Waals surface area (Å²) >= 11 is 0. The summed E-state index contributed by atoms with van der Waals surface area (Å²) in [5, 5.41) is 24.6. The molecule has 0 bridgehead atoms. The first-order valence-corrected chi connectivity index (χ1v) is 10.3. The van der Waals surface area contributed by atoms with Gasteiger partial charge in [-0.2, -0.15) is 0 Å². The van der Waals surface area contributed by atoms with Gasteiger partial charge in [-0.25, -0.2) is 4.39 Å². The highest BCUT2D eigenvalue weighted by atomic mass is 19.1. The lowest BCUT2D eigenvalue weighted by Crippen LogP contribution is -2.33. The first-order chi connectivity index (χ1) is 14.9. The Morgan fingerprint density at radius 3 is 2.90 bits per heavy atom. The van der Waals surface area contributed by atoms with Gasteiger partial charge in [0.05, 0.1) is 6.10 Å². The predicted molar refractivity (Wildman–Crippen MR) is 113 cm³/mol. The van der Waals surface area contributed by atoms with Crippen LogP contribution in [-0.4, -0.2) is 46.3 Å². The predicted octanol–water partition coefficient (Wildman–Crippen LogP) is 2.69. The van der Waals surface area contributed by atoms with E-state index in [1.54, 1.807) is 24.3 Å². The standard InChI is InChI=1S/C24H23FN2O4/c25-18-2-1-3-19(10-18)31-20-9-17-12-27(14-24(17,30)11-20)13-22(28)16-4-6-21-15(8-16)5-7-23(29)26-21/h1-4,6,8-11,22,28,30H,5,7,12-14H2,(H,26,29)/t22-,24-/m1/s1. The summed E-state index contributed by atoms with van der Waals surface area (Å²) < 4.78 is 19.0. The molecule has 2 atom stereocenters. The molecule has 5 rings (SSSR count). The minimum absolute atomic E-state index is 0.0136. The Morgan fingerprint density at radius 2 is 2.10 bits per heavy atom. The zero-order valence-corrected chi connectivity index (χ0v) is 16.8. The molecule has 160 valence electrons. The fourth-order valence-electron chi connectivity index (χ4n) is 4.45. The molecule has 1 fully saturated rings. The third-order valence-corrected chi connectivity index (χ3v) is 5.98. The van der Waals surface area contributed by atoms with Crippen LogP contribution in [0.1, 0.15) is 23.7 Å². The van der Waals surface area contributed by atoms with Crippen LogP contribution in [0.2, 0.25) is 0 Å². The van der Waals surface area contributed by atoms with Crippen LogP contribution >= 0.6 is 0 Å². The van der Waals surface area contributed by atoms with E-state index >= 15 is 0 Å². The van der Waals surface area contributed by atoms with Crippen LogP contribution in [0.25, 0.3) is 0 Å². The number of hydrogen-bond acceptors (Lipinski definition) is 5. The van der Waals surface area contributed by atoms with Crippen LogP contribution < -0.4 is 10.1 Å². The Balaban J connectivity index is 1.23. The summed E-state index contributed by atoms with van der Waals surface area (Å²) in [5.41, 5.74) is 2.26. The molecule has 0 spiro atoms. The van der Waals surface area contributed by atoms with Crippen LogP contribution in [0, 0.1) is 5.82 Å². The maximum atomic E-state index is 13.4. The molecule has 1 saturated heterocycles. The number of aliphatic hydroxyl groups is 2. The van der Waals surface area contributed by atoms with Gasteiger partial charge in [0.25, 0.3) is 0 Å². The first kappa shape index (κ1) is 19.9. The smallest absolute Gasteiger partial charge is 0.224 e. The molecule has 0 radical (unpaired) electrons. The Morgan fingerprint density at radius 1 is 1.23 bits per heavy atom. The van der Waals surface area contributed by atoms with Crippen molar-refractivity contribution in [1.82, 2.24) is 4.90 Å². The molecule has 3 aliphatic rings. The molecule has 2 aromatic carbocycles. The number of aliphatic hydroxyl groups excluding tert-OH is 1. The number of ether oxygens (including phenoxy) is 1. The summed E-state index contributed by atoms with van der Waals surface area (Å²) in [7, 11) is 0. The second-order valence-corrected chi connectivity index (χ2v) is 8.35. The van der Waals surface area contributed by atoms with E-state index in [9.17, 15) is 19.4 Å². The van der Waals surface area contributed by atoms with Gasteiger partial charge in [-0.05, 0) is 53.5 Å². The molecule has 2 aromatic rings. The summed E-state index contributed by atoms with van der Waals surface area (Å²) in [6.45, 7) is 1.21. The number of carbonyl (C=O) groups excluding carboxylic acids is 1. The SMILES string of the molecule is O=C1CCc2cc([C@H](O)CN3CC4=CC(Oc5cccc(F)c5)=C[C@@]4(O)C3)ccc2N1. The van der Waals surface area contributed by atoms with E-state index in [4.69, 9.17) is 4.74 Å². The van der Waals surface area contributed by atoms with E-state index in [1.165, 1.54) is 12.1 Å². The largest absolute Gasteiger partial charge is 0.457 e. The van der Waals surface area contributed by atoms with Gasteiger partial charge >= 0.3 is 0 Å². The number of fused-ring (bicyclic) bond motifs is 2. The zero-order valence-electron chi connectivity index (χ0n) is 16.8. The summed E-state index contributed by atoms with van der Waals surface area (Å²) in [6.07, 6.45) is 3.82. The molecular formula is C24H23FN2O4. The lowest BCUT2D eigenvalue weighted by Gasteiger charge is -2.23. The number of β-amino-alcohol motifs (C(OH)–C–C–N with tert-alkyl or cyclic N) is 2. The van der Waals surface area contributed by atoms with Crippen molar-refractivity contribution in [2.75, 3.05) is 25.0 Å². The van der Waals surface area contributed by atoms with E-state index in [0.717, 1.165) is 22.4 Å².